The maximum absolute atomic E-state index is 12.5. The summed E-state index contributed by atoms with van der Waals surface area (Å²) in [6.45, 7) is 4.11. The molecule has 0 aromatic heterocycles. The fraction of sp³-hybridized carbons (Fsp3) is 0.696. The Morgan fingerprint density at radius 3 is 2.31 bits per heavy atom. The number of nitrogens with one attached hydrogen (secondary N) is 2. The zero-order chi connectivity index (χ0) is 22.1. The first-order chi connectivity index (χ1) is 14.9. The Hall–Kier alpha value is -1.07. The van der Waals surface area contributed by atoms with Gasteiger partial charge in [0.15, 0.2) is 5.96 Å². The molecule has 2 heterocycles. The van der Waals surface area contributed by atoms with Crippen molar-refractivity contribution in [1.29, 1.82) is 0 Å². The van der Waals surface area contributed by atoms with E-state index in [-0.39, 0.29) is 24.0 Å². The lowest BCUT2D eigenvalue weighted by molar-refractivity contribution is -0.148. The topological polar surface area (TPSA) is 42.9 Å². The Morgan fingerprint density at radius 2 is 1.72 bits per heavy atom. The molecule has 2 N–H and O–H groups in total. The van der Waals surface area contributed by atoms with Crippen LogP contribution in [-0.4, -0.2) is 74.8 Å². The zero-order valence-electron chi connectivity index (χ0n) is 18.9. The van der Waals surface area contributed by atoms with Crippen LogP contribution < -0.4 is 10.6 Å². The number of halogens is 4. The summed E-state index contributed by atoms with van der Waals surface area (Å²) in [5.74, 6) is 1.26. The van der Waals surface area contributed by atoms with Gasteiger partial charge in [0.25, 0.3) is 0 Å². The average molecular weight is 567 g/mol. The number of guanidine groups is 1. The molecule has 0 saturated carbocycles. The van der Waals surface area contributed by atoms with Crippen LogP contribution in [-0.2, 0) is 0 Å². The number of hydrogen-bond acceptors (Lipinski definition) is 3. The van der Waals surface area contributed by atoms with Crippen molar-refractivity contribution >= 4 is 29.9 Å². The highest BCUT2D eigenvalue weighted by Gasteiger charge is 2.32. The van der Waals surface area contributed by atoms with Crippen molar-refractivity contribution in [3.05, 3.63) is 35.9 Å². The molecular formula is C23H37F3IN5. The molecule has 0 radical (unpaired) electrons. The van der Waals surface area contributed by atoms with E-state index in [1.54, 1.807) is 7.05 Å². The minimum atomic E-state index is -4.10. The lowest BCUT2D eigenvalue weighted by Gasteiger charge is -2.32. The van der Waals surface area contributed by atoms with Crippen molar-refractivity contribution in [2.45, 2.75) is 44.3 Å². The summed E-state index contributed by atoms with van der Waals surface area (Å²) in [6.07, 6.45) is 1.01. The Bertz CT molecular complexity index is 672. The number of benzene rings is 1. The van der Waals surface area contributed by atoms with Gasteiger partial charge in [0.1, 0.15) is 0 Å². The smallest absolute Gasteiger partial charge is 0.356 e. The highest BCUT2D eigenvalue weighted by molar-refractivity contribution is 14.0. The average Bonchev–Trinajstić information content (AvgIpc) is 3.28. The first-order valence-corrected chi connectivity index (χ1v) is 11.5. The molecule has 1 aromatic rings. The Balaban J connectivity index is 0.00000363. The largest absolute Gasteiger partial charge is 0.401 e. The number of nitrogens with zero attached hydrogens (tertiary/aromatic N) is 3. The molecule has 2 fully saturated rings. The van der Waals surface area contributed by atoms with Gasteiger partial charge in [-0.05, 0) is 69.8 Å². The summed E-state index contributed by atoms with van der Waals surface area (Å²) >= 11 is 0. The number of piperidine rings is 1. The summed E-state index contributed by atoms with van der Waals surface area (Å²) in [7, 11) is 1.78. The molecule has 5 nitrogen and oxygen atoms in total. The van der Waals surface area contributed by atoms with Gasteiger partial charge in [-0.3, -0.25) is 14.8 Å². The van der Waals surface area contributed by atoms with Crippen molar-refractivity contribution < 1.29 is 13.2 Å². The highest BCUT2D eigenvalue weighted by Crippen LogP contribution is 2.25. The van der Waals surface area contributed by atoms with Gasteiger partial charge in [-0.15, -0.1) is 24.0 Å². The van der Waals surface area contributed by atoms with Crippen LogP contribution in [0.5, 0.6) is 0 Å². The fourth-order valence-corrected chi connectivity index (χ4v) is 4.68. The third-order valence-electron chi connectivity index (χ3n) is 6.41. The molecule has 2 saturated heterocycles. The molecule has 2 aliphatic heterocycles. The fourth-order valence-electron chi connectivity index (χ4n) is 4.68. The number of rotatable bonds is 8. The van der Waals surface area contributed by atoms with Crippen molar-refractivity contribution in [1.82, 2.24) is 20.4 Å². The Kier molecular flexibility index (Phi) is 11.5. The van der Waals surface area contributed by atoms with Crippen LogP contribution in [0, 0.1) is 5.92 Å². The van der Waals surface area contributed by atoms with E-state index in [1.807, 2.05) is 6.07 Å². The summed E-state index contributed by atoms with van der Waals surface area (Å²) in [4.78, 5) is 8.41. The minimum Gasteiger partial charge on any atom is -0.356 e. The molecule has 0 amide bonds. The van der Waals surface area contributed by atoms with E-state index < -0.39 is 12.7 Å². The molecule has 182 valence electrons. The van der Waals surface area contributed by atoms with Crippen molar-refractivity contribution in [2.24, 2.45) is 10.9 Å². The van der Waals surface area contributed by atoms with E-state index in [1.165, 1.54) is 23.3 Å². The third kappa shape index (κ3) is 9.05. The summed E-state index contributed by atoms with van der Waals surface area (Å²) in [5.41, 5.74) is 1.32. The molecule has 3 rings (SSSR count). The lowest BCUT2D eigenvalue weighted by atomic mass is 9.93. The van der Waals surface area contributed by atoms with Crippen molar-refractivity contribution in [3.63, 3.8) is 0 Å². The second kappa shape index (κ2) is 13.6. The Labute approximate surface area is 207 Å². The van der Waals surface area contributed by atoms with Crippen molar-refractivity contribution in [2.75, 3.05) is 52.9 Å². The molecule has 32 heavy (non-hydrogen) atoms. The molecule has 0 aliphatic carbocycles. The van der Waals surface area contributed by atoms with Gasteiger partial charge in [0.05, 0.1) is 12.6 Å². The van der Waals surface area contributed by atoms with Gasteiger partial charge in [-0.25, -0.2) is 0 Å². The molecule has 0 spiro atoms. The second-order valence-corrected chi connectivity index (χ2v) is 8.67. The van der Waals surface area contributed by atoms with Crippen molar-refractivity contribution in [3.8, 4) is 0 Å². The van der Waals surface area contributed by atoms with Gasteiger partial charge >= 0.3 is 6.18 Å². The molecule has 1 aromatic carbocycles. The van der Waals surface area contributed by atoms with E-state index in [0.29, 0.717) is 25.0 Å². The number of alkyl halides is 3. The highest BCUT2D eigenvalue weighted by atomic mass is 127. The summed E-state index contributed by atoms with van der Waals surface area (Å²) < 4.78 is 37.6. The van der Waals surface area contributed by atoms with Gasteiger partial charge in [0, 0.05) is 20.1 Å². The molecular weight excluding hydrogens is 530 g/mol. The van der Waals surface area contributed by atoms with E-state index in [9.17, 15) is 13.2 Å². The minimum absolute atomic E-state index is 0. The van der Waals surface area contributed by atoms with E-state index >= 15 is 0 Å². The summed E-state index contributed by atoms with van der Waals surface area (Å²) in [6, 6.07) is 10.9. The van der Waals surface area contributed by atoms with Crippen LogP contribution in [0.15, 0.2) is 35.3 Å². The SMILES string of the molecule is CN=C(NCCC1CCN(CC(F)(F)F)CC1)NCC(c1ccccc1)N1CCCC1.I. The Morgan fingerprint density at radius 1 is 1.06 bits per heavy atom. The molecule has 1 atom stereocenters. The van der Waals surface area contributed by atoms with Crippen LogP contribution in [0.3, 0.4) is 0 Å². The lowest BCUT2D eigenvalue weighted by Crippen LogP contribution is -2.44. The van der Waals surface area contributed by atoms with Crippen LogP contribution in [0.4, 0.5) is 13.2 Å². The summed E-state index contributed by atoms with van der Waals surface area (Å²) in [5, 5.41) is 6.87. The second-order valence-electron chi connectivity index (χ2n) is 8.67. The maximum atomic E-state index is 12.5. The normalized spacial score (nSPS) is 20.1. The van der Waals surface area contributed by atoms with Gasteiger partial charge in [-0.2, -0.15) is 13.2 Å². The van der Waals surface area contributed by atoms with E-state index in [0.717, 1.165) is 51.4 Å². The van der Waals surface area contributed by atoms with Crippen LogP contribution in [0.1, 0.15) is 43.7 Å². The predicted octanol–water partition coefficient (Wildman–Crippen LogP) is 4.27. The standard InChI is InChI=1S/C23H36F3N5.HI/c1-27-22(28-12-9-19-10-15-30(16-11-19)18-23(24,25)26)29-17-21(31-13-5-6-14-31)20-7-3-2-4-8-20;/h2-4,7-8,19,21H,5-6,9-18H2,1H3,(H2,27,28,29);1H. The third-order valence-corrected chi connectivity index (χ3v) is 6.41. The van der Waals surface area contributed by atoms with Crippen LogP contribution in [0.2, 0.25) is 0 Å². The molecule has 0 bridgehead atoms. The number of hydrogen-bond donors (Lipinski definition) is 2. The number of likely N-dealkylation sites (tertiary alicyclic amines) is 2. The molecule has 9 heteroatoms. The predicted molar refractivity (Wildman–Crippen MR) is 135 cm³/mol. The van der Waals surface area contributed by atoms with Crippen LogP contribution >= 0.6 is 24.0 Å². The maximum Gasteiger partial charge on any atom is 0.401 e. The van der Waals surface area contributed by atoms with E-state index in [2.05, 4.69) is 44.8 Å². The zero-order valence-corrected chi connectivity index (χ0v) is 21.2. The number of aliphatic imine (C=N–C) groups is 1. The van der Waals surface area contributed by atoms with Gasteiger partial charge < -0.3 is 10.6 Å². The first kappa shape index (κ1) is 27.2. The van der Waals surface area contributed by atoms with E-state index in [4.69, 9.17) is 0 Å². The van der Waals surface area contributed by atoms with Gasteiger partial charge in [-0.1, -0.05) is 30.3 Å². The van der Waals surface area contributed by atoms with Crippen LogP contribution in [0.25, 0.3) is 0 Å². The molecule has 2 aliphatic rings. The quantitative estimate of drug-likeness (QED) is 0.280. The first-order valence-electron chi connectivity index (χ1n) is 11.5. The monoisotopic (exact) mass is 567 g/mol. The molecule has 1 unspecified atom stereocenters. The van der Waals surface area contributed by atoms with Gasteiger partial charge in [0.2, 0.25) is 0 Å².